The average Bonchev–Trinajstić information content (AvgIpc) is 2.94. The molecule has 4 heterocycles. The van der Waals surface area contributed by atoms with E-state index in [2.05, 4.69) is 68.9 Å². The molecule has 1 aromatic carbocycles. The van der Waals surface area contributed by atoms with Crippen LogP contribution in [0.3, 0.4) is 0 Å². The van der Waals surface area contributed by atoms with Crippen LogP contribution in [0.4, 0.5) is 11.5 Å². The van der Waals surface area contributed by atoms with Crippen molar-refractivity contribution >= 4 is 17.2 Å². The number of piperidine rings is 2. The van der Waals surface area contributed by atoms with Gasteiger partial charge in [0.1, 0.15) is 5.82 Å². The number of likely N-dealkylation sites (tertiary alicyclic amines) is 1. The van der Waals surface area contributed by atoms with Gasteiger partial charge in [-0.3, -0.25) is 15.3 Å². The van der Waals surface area contributed by atoms with Gasteiger partial charge in [-0.25, -0.2) is 4.98 Å². The molecule has 6 heteroatoms. The predicted octanol–water partition coefficient (Wildman–Crippen LogP) is 6.67. The van der Waals surface area contributed by atoms with Crippen LogP contribution in [-0.2, 0) is 6.54 Å². The lowest BCUT2D eigenvalue weighted by molar-refractivity contribution is 0.220. The number of rotatable bonds is 8. The zero-order chi connectivity index (χ0) is 26.5. The summed E-state index contributed by atoms with van der Waals surface area (Å²) in [6, 6.07) is 12.6. The summed E-state index contributed by atoms with van der Waals surface area (Å²) >= 11 is 0. The van der Waals surface area contributed by atoms with Gasteiger partial charge in [0, 0.05) is 43.2 Å². The van der Waals surface area contributed by atoms with E-state index in [9.17, 15) is 0 Å². The third kappa shape index (κ3) is 6.30. The van der Waals surface area contributed by atoms with Gasteiger partial charge >= 0.3 is 0 Å². The number of pyridine rings is 2. The number of allylic oxidation sites excluding steroid dienone is 1. The molecule has 0 radical (unpaired) electrons. The Kier molecular flexibility index (Phi) is 8.18. The van der Waals surface area contributed by atoms with Crippen LogP contribution >= 0.6 is 0 Å². The third-order valence-corrected chi connectivity index (χ3v) is 7.94. The molecule has 6 nitrogen and oxygen atoms in total. The minimum Gasteiger partial charge on any atom is -0.357 e. The quantitative estimate of drug-likeness (QED) is 0.333. The molecule has 198 valence electrons. The van der Waals surface area contributed by atoms with Crippen LogP contribution in [0.25, 0.3) is 11.1 Å². The maximum atomic E-state index is 8.91. The van der Waals surface area contributed by atoms with E-state index in [1.54, 1.807) is 0 Å². The Morgan fingerprint density at radius 3 is 2.50 bits per heavy atom. The van der Waals surface area contributed by atoms with E-state index >= 15 is 0 Å². The topological polar surface area (TPSA) is 68.1 Å². The molecule has 3 aromatic rings. The van der Waals surface area contributed by atoms with Gasteiger partial charge in [-0.1, -0.05) is 32.1 Å². The highest BCUT2D eigenvalue weighted by Gasteiger charge is 2.17. The number of aromatic nitrogens is 2. The summed E-state index contributed by atoms with van der Waals surface area (Å²) in [5.41, 5.74) is 7.09. The maximum absolute atomic E-state index is 8.91. The Bertz CT molecular complexity index is 1270. The lowest BCUT2D eigenvalue weighted by Gasteiger charge is -2.31. The van der Waals surface area contributed by atoms with Crippen LogP contribution in [0.5, 0.6) is 0 Å². The predicted molar refractivity (Wildman–Crippen MR) is 158 cm³/mol. The second-order valence-corrected chi connectivity index (χ2v) is 11.0. The number of nitrogens with zero attached hydrogens (tertiary/aromatic N) is 4. The molecule has 0 aliphatic carbocycles. The smallest absolute Gasteiger partial charge is 0.128 e. The molecule has 0 bridgehead atoms. The van der Waals surface area contributed by atoms with E-state index in [1.165, 1.54) is 50.8 Å². The first kappa shape index (κ1) is 26.1. The number of hydrogen-bond donors (Lipinski definition) is 2. The van der Waals surface area contributed by atoms with Crippen molar-refractivity contribution in [2.45, 2.75) is 52.5 Å². The van der Waals surface area contributed by atoms with Gasteiger partial charge in [-0.15, -0.1) is 0 Å². The molecule has 0 atom stereocenters. The van der Waals surface area contributed by atoms with Crippen molar-refractivity contribution in [2.24, 2.45) is 5.92 Å². The van der Waals surface area contributed by atoms with Gasteiger partial charge in [0.05, 0.1) is 23.3 Å². The molecular formula is C32H40N6. The lowest BCUT2D eigenvalue weighted by atomic mass is 9.96. The summed E-state index contributed by atoms with van der Waals surface area (Å²) < 4.78 is 0. The fourth-order valence-electron chi connectivity index (χ4n) is 5.46. The van der Waals surface area contributed by atoms with Gasteiger partial charge in [-0.05, 0) is 92.6 Å². The molecule has 2 aromatic heterocycles. The van der Waals surface area contributed by atoms with Gasteiger partial charge in [-0.2, -0.15) is 0 Å². The Balaban J connectivity index is 1.26. The van der Waals surface area contributed by atoms with Crippen LogP contribution in [0, 0.1) is 18.3 Å². The summed E-state index contributed by atoms with van der Waals surface area (Å²) in [5.74, 6) is 1.81. The van der Waals surface area contributed by atoms with Gasteiger partial charge in [0.15, 0.2) is 0 Å². The zero-order valence-electron chi connectivity index (χ0n) is 22.8. The normalized spacial score (nSPS) is 16.8. The molecule has 2 aliphatic heterocycles. The highest BCUT2D eigenvalue weighted by molar-refractivity contribution is 6.13. The lowest BCUT2D eigenvalue weighted by Crippen LogP contribution is -2.33. The molecule has 2 fully saturated rings. The molecule has 0 spiro atoms. The van der Waals surface area contributed by atoms with Gasteiger partial charge in [0.25, 0.3) is 0 Å². The van der Waals surface area contributed by atoms with E-state index in [4.69, 9.17) is 5.41 Å². The van der Waals surface area contributed by atoms with Crippen LogP contribution in [0.2, 0.25) is 0 Å². The first-order valence-electron chi connectivity index (χ1n) is 14.0. The standard InChI is InChI=1S/C32H40N6/c1-23-11-15-38(16-12-23)31-10-9-29(21-35-31)36-25(3)32(33)30-18-27(8-7-24(30)2)28-17-26(19-34-20-28)22-37-13-5-4-6-14-37/h7-10,17-21,23,33,36H,3-6,11-16,22H2,1-2H3. The van der Waals surface area contributed by atoms with Crippen molar-refractivity contribution in [1.29, 1.82) is 5.41 Å². The molecular weight excluding hydrogens is 468 g/mol. The number of benzene rings is 1. The Morgan fingerprint density at radius 2 is 1.76 bits per heavy atom. The number of anilines is 2. The Hall–Kier alpha value is -3.51. The third-order valence-electron chi connectivity index (χ3n) is 7.94. The van der Waals surface area contributed by atoms with E-state index in [0.717, 1.165) is 59.3 Å². The van der Waals surface area contributed by atoms with Crippen LogP contribution in [0.1, 0.15) is 55.7 Å². The van der Waals surface area contributed by atoms with E-state index in [0.29, 0.717) is 11.4 Å². The number of hydrogen-bond acceptors (Lipinski definition) is 6. The summed E-state index contributed by atoms with van der Waals surface area (Å²) in [7, 11) is 0. The fourth-order valence-corrected chi connectivity index (χ4v) is 5.46. The summed E-state index contributed by atoms with van der Waals surface area (Å²) in [4.78, 5) is 14.1. The molecule has 2 aliphatic rings. The highest BCUT2D eigenvalue weighted by atomic mass is 15.2. The maximum Gasteiger partial charge on any atom is 0.128 e. The van der Waals surface area contributed by atoms with Crippen molar-refractivity contribution in [1.82, 2.24) is 14.9 Å². The molecule has 38 heavy (non-hydrogen) atoms. The Morgan fingerprint density at radius 1 is 0.974 bits per heavy atom. The molecule has 0 saturated carbocycles. The molecule has 0 unspecified atom stereocenters. The molecule has 0 amide bonds. The molecule has 5 rings (SSSR count). The number of aryl methyl sites for hydroxylation is 1. The average molecular weight is 509 g/mol. The van der Waals surface area contributed by atoms with E-state index in [1.807, 2.05) is 31.6 Å². The van der Waals surface area contributed by atoms with Crippen molar-refractivity contribution < 1.29 is 0 Å². The SMILES string of the molecule is C=C(Nc1ccc(N2CCC(C)CC2)nc1)C(=N)c1cc(-c2cncc(CN3CCCCC3)c2)ccc1C. The highest BCUT2D eigenvalue weighted by Crippen LogP contribution is 2.26. The van der Waals surface area contributed by atoms with E-state index < -0.39 is 0 Å². The summed E-state index contributed by atoms with van der Waals surface area (Å²) in [5, 5.41) is 12.2. The minimum absolute atomic E-state index is 0.385. The number of nitrogens with one attached hydrogen (secondary N) is 2. The summed E-state index contributed by atoms with van der Waals surface area (Å²) in [6.07, 6.45) is 12.1. The first-order chi connectivity index (χ1) is 18.5. The Labute approximate surface area is 227 Å². The van der Waals surface area contributed by atoms with Gasteiger partial charge in [0.2, 0.25) is 0 Å². The minimum atomic E-state index is 0.385. The monoisotopic (exact) mass is 508 g/mol. The van der Waals surface area contributed by atoms with Crippen molar-refractivity contribution in [3.8, 4) is 11.1 Å². The van der Waals surface area contributed by atoms with Crippen LogP contribution in [0.15, 0.2) is 67.3 Å². The largest absolute Gasteiger partial charge is 0.357 e. The van der Waals surface area contributed by atoms with Crippen molar-refractivity contribution in [2.75, 3.05) is 36.4 Å². The summed E-state index contributed by atoms with van der Waals surface area (Å²) in [6.45, 7) is 13.9. The first-order valence-corrected chi connectivity index (χ1v) is 14.0. The molecule has 2 saturated heterocycles. The second-order valence-electron chi connectivity index (χ2n) is 11.0. The van der Waals surface area contributed by atoms with Crippen LogP contribution in [-0.4, -0.2) is 46.8 Å². The van der Waals surface area contributed by atoms with Crippen molar-refractivity contribution in [3.63, 3.8) is 0 Å². The fraction of sp³-hybridized carbons (Fsp3) is 0.406. The van der Waals surface area contributed by atoms with E-state index in [-0.39, 0.29) is 0 Å². The zero-order valence-corrected chi connectivity index (χ0v) is 22.8. The van der Waals surface area contributed by atoms with Crippen LogP contribution < -0.4 is 10.2 Å². The second kappa shape index (κ2) is 11.9. The molecule has 2 N–H and O–H groups in total. The van der Waals surface area contributed by atoms with Gasteiger partial charge < -0.3 is 10.2 Å². The van der Waals surface area contributed by atoms with Crippen molar-refractivity contribution in [3.05, 3.63) is 84.0 Å².